The quantitative estimate of drug-likeness (QED) is 0.176. The molecule has 1 aliphatic carbocycles. The van der Waals surface area contributed by atoms with Crippen molar-refractivity contribution in [1.82, 2.24) is 9.97 Å². The van der Waals surface area contributed by atoms with Gasteiger partial charge in [-0.05, 0) is 0 Å². The molecule has 5 heterocycles. The van der Waals surface area contributed by atoms with Crippen molar-refractivity contribution in [2.45, 2.75) is 38.5 Å². The fourth-order valence-corrected chi connectivity index (χ4v) is 8.58. The number of ketones is 2. The molecule has 0 spiro atoms. The van der Waals surface area contributed by atoms with Gasteiger partial charge in [0, 0.05) is 0 Å². The number of allylic oxidation sites excluding steroid dienone is 1. The summed E-state index contributed by atoms with van der Waals surface area (Å²) in [7, 11) is 0. The number of hydrogen-bond acceptors (Lipinski definition) is 5. The third-order valence-corrected chi connectivity index (χ3v) is 10.1. The standard InChI is InChI=1S/C30H23N3O2Se/c1-29(2)20-11-13-31-26-23(20)33(27-21(29)10-7-12-32-27)28-22(30(26,3)4)15-16(36-28)14-19-24(34)17-8-5-6-9-18(17)25(19)35/h5-15H,1-4H3. The minimum absolute atomic E-state index is 0.115. The molecule has 6 heteroatoms. The first kappa shape index (κ1) is 21.7. The molecule has 0 N–H and O–H groups in total. The van der Waals surface area contributed by atoms with Crippen LogP contribution in [0.25, 0.3) is 6.08 Å². The fourth-order valence-electron chi connectivity index (χ4n) is 5.91. The molecule has 0 bridgehead atoms. The number of nitrogens with zero attached hydrogens (tertiary/aromatic N) is 3. The Morgan fingerprint density at radius 1 is 0.806 bits per heavy atom. The number of aromatic nitrogens is 2. The van der Waals surface area contributed by atoms with E-state index in [-0.39, 0.29) is 42.5 Å². The first-order valence-electron chi connectivity index (χ1n) is 12.0. The summed E-state index contributed by atoms with van der Waals surface area (Å²) in [5.41, 5.74) is 6.48. The van der Waals surface area contributed by atoms with Gasteiger partial charge in [-0.1, -0.05) is 0 Å². The van der Waals surface area contributed by atoms with Gasteiger partial charge in [-0.2, -0.15) is 0 Å². The van der Waals surface area contributed by atoms with Crippen LogP contribution in [0.2, 0.25) is 0 Å². The van der Waals surface area contributed by atoms with Gasteiger partial charge >= 0.3 is 216 Å². The van der Waals surface area contributed by atoms with E-state index >= 15 is 0 Å². The maximum atomic E-state index is 13.1. The second kappa shape index (κ2) is 7.00. The van der Waals surface area contributed by atoms with Crippen LogP contribution in [0.5, 0.6) is 0 Å². The van der Waals surface area contributed by atoms with Crippen molar-refractivity contribution < 1.29 is 9.59 Å². The van der Waals surface area contributed by atoms with Crippen LogP contribution in [0.15, 0.2) is 66.5 Å². The molecule has 0 atom stereocenters. The molecule has 0 amide bonds. The summed E-state index contributed by atoms with van der Waals surface area (Å²) < 4.78 is 2.22. The van der Waals surface area contributed by atoms with E-state index in [1.165, 1.54) is 21.3 Å². The van der Waals surface area contributed by atoms with Gasteiger partial charge in [-0.15, -0.1) is 0 Å². The molecule has 3 aliphatic rings. The molecule has 2 aliphatic heterocycles. The fraction of sp³-hybridized carbons (Fsp3) is 0.200. The summed E-state index contributed by atoms with van der Waals surface area (Å²) in [4.78, 5) is 38.2. The van der Waals surface area contributed by atoms with E-state index in [0.29, 0.717) is 11.1 Å². The zero-order valence-corrected chi connectivity index (χ0v) is 22.1. The molecule has 3 aromatic heterocycles. The third-order valence-electron chi connectivity index (χ3n) is 7.89. The van der Waals surface area contributed by atoms with Crippen LogP contribution in [0.1, 0.15) is 75.2 Å². The predicted molar refractivity (Wildman–Crippen MR) is 141 cm³/mol. The molecule has 176 valence electrons. The van der Waals surface area contributed by atoms with Gasteiger partial charge in [0.05, 0.1) is 0 Å². The number of hydrogen-bond donors (Lipinski definition) is 0. The number of Topliss-reactive ketones (excluding diaryl/α,β-unsaturated/α-hetero) is 2. The molecular formula is C30H23N3O2Se. The van der Waals surface area contributed by atoms with E-state index in [1.807, 2.05) is 24.5 Å². The molecular weight excluding hydrogens is 513 g/mol. The van der Waals surface area contributed by atoms with Crippen molar-refractivity contribution in [3.8, 4) is 0 Å². The van der Waals surface area contributed by atoms with Crippen LogP contribution in [-0.4, -0.2) is 36.0 Å². The van der Waals surface area contributed by atoms with Crippen molar-refractivity contribution in [2.24, 2.45) is 0 Å². The van der Waals surface area contributed by atoms with E-state index in [9.17, 15) is 9.59 Å². The Morgan fingerprint density at radius 3 is 2.25 bits per heavy atom. The predicted octanol–water partition coefficient (Wildman–Crippen LogP) is 5.74. The van der Waals surface area contributed by atoms with Crippen LogP contribution < -0.4 is 4.90 Å². The second-order valence-corrected chi connectivity index (χ2v) is 12.9. The summed E-state index contributed by atoms with van der Waals surface area (Å²) in [6.07, 6.45) is 5.59. The first-order chi connectivity index (χ1) is 17.2. The zero-order valence-electron chi connectivity index (χ0n) is 20.4. The van der Waals surface area contributed by atoms with Crippen molar-refractivity contribution >= 4 is 48.2 Å². The molecule has 0 unspecified atom stereocenters. The van der Waals surface area contributed by atoms with Crippen molar-refractivity contribution in [1.29, 1.82) is 0 Å². The van der Waals surface area contributed by atoms with Gasteiger partial charge in [0.2, 0.25) is 0 Å². The molecule has 36 heavy (non-hydrogen) atoms. The molecule has 7 rings (SSSR count). The molecule has 5 nitrogen and oxygen atoms in total. The third kappa shape index (κ3) is 2.61. The van der Waals surface area contributed by atoms with Crippen molar-refractivity contribution in [3.63, 3.8) is 0 Å². The van der Waals surface area contributed by atoms with E-state index < -0.39 is 0 Å². The van der Waals surface area contributed by atoms with Crippen LogP contribution in [0, 0.1) is 0 Å². The molecule has 4 aromatic rings. The van der Waals surface area contributed by atoms with E-state index in [2.05, 4.69) is 50.8 Å². The zero-order chi connectivity index (χ0) is 25.0. The molecule has 0 radical (unpaired) electrons. The number of carbonyl (C=O) groups is 2. The number of benzene rings is 1. The van der Waals surface area contributed by atoms with Crippen LogP contribution >= 0.6 is 0 Å². The number of rotatable bonds is 1. The molecule has 1 aromatic carbocycles. The first-order valence-corrected chi connectivity index (χ1v) is 13.7. The van der Waals surface area contributed by atoms with Crippen LogP contribution in [0.4, 0.5) is 16.1 Å². The van der Waals surface area contributed by atoms with Gasteiger partial charge in [0.15, 0.2) is 0 Å². The topological polar surface area (TPSA) is 63.2 Å². The monoisotopic (exact) mass is 537 g/mol. The average molecular weight is 536 g/mol. The number of fused-ring (bicyclic) bond motifs is 5. The van der Waals surface area contributed by atoms with E-state index in [0.717, 1.165) is 21.6 Å². The summed E-state index contributed by atoms with van der Waals surface area (Å²) in [5.74, 6) is 0.572. The van der Waals surface area contributed by atoms with E-state index in [4.69, 9.17) is 9.97 Å². The normalized spacial score (nSPS) is 17.9. The SMILES string of the molecule is CC1(C)c2cccnc2N2c3[se]c(C=C4C(=O)c5ccccc5C4=O)cc3C(C)(C)c3nccc1c32. The average Bonchev–Trinajstić information content (AvgIpc) is 3.40. The summed E-state index contributed by atoms with van der Waals surface area (Å²) >= 11 is -0.115. The number of anilines is 3. The Kier molecular flexibility index (Phi) is 4.21. The van der Waals surface area contributed by atoms with Crippen molar-refractivity contribution in [3.05, 3.63) is 104 Å². The Balaban J connectivity index is 1.46. The van der Waals surface area contributed by atoms with Crippen LogP contribution in [0.3, 0.4) is 0 Å². The van der Waals surface area contributed by atoms with Gasteiger partial charge in [-0.3, -0.25) is 0 Å². The maximum absolute atomic E-state index is 13.1. The van der Waals surface area contributed by atoms with Gasteiger partial charge < -0.3 is 0 Å². The van der Waals surface area contributed by atoms with Gasteiger partial charge in [0.1, 0.15) is 0 Å². The Hall–Kier alpha value is -3.60. The van der Waals surface area contributed by atoms with Crippen LogP contribution in [-0.2, 0) is 10.8 Å². The Labute approximate surface area is 215 Å². The minimum atomic E-state index is -0.325. The summed E-state index contributed by atoms with van der Waals surface area (Å²) in [6, 6.07) is 15.5. The number of carbonyl (C=O) groups excluding carboxylic acids is 2. The van der Waals surface area contributed by atoms with Gasteiger partial charge in [0.25, 0.3) is 0 Å². The Bertz CT molecular complexity index is 1660. The molecule has 0 saturated heterocycles. The second-order valence-electron chi connectivity index (χ2n) is 10.6. The van der Waals surface area contributed by atoms with Crippen molar-refractivity contribution in [2.75, 3.05) is 4.90 Å². The van der Waals surface area contributed by atoms with Gasteiger partial charge in [-0.25, -0.2) is 0 Å². The Morgan fingerprint density at radius 2 is 1.53 bits per heavy atom. The molecule has 0 saturated carbocycles. The summed E-state index contributed by atoms with van der Waals surface area (Å²) in [5, 5.41) is 0. The number of pyridine rings is 2. The molecule has 0 fully saturated rings. The summed E-state index contributed by atoms with van der Waals surface area (Å²) in [6.45, 7) is 8.93. The van der Waals surface area contributed by atoms with E-state index in [1.54, 1.807) is 24.3 Å².